The van der Waals surface area contributed by atoms with E-state index in [1.165, 1.54) is 0 Å². The van der Waals surface area contributed by atoms with Crippen molar-refractivity contribution in [2.75, 3.05) is 13.2 Å². The zero-order chi connectivity index (χ0) is 22.1. The second-order valence-corrected chi connectivity index (χ2v) is 7.36. The number of furan rings is 1. The molecule has 0 aliphatic carbocycles. The fraction of sp³-hybridized carbons (Fsp3) is 0.304. The third-order valence-electron chi connectivity index (χ3n) is 5.25. The molecule has 4 rings (SSSR count). The van der Waals surface area contributed by atoms with Crippen molar-refractivity contribution in [2.24, 2.45) is 0 Å². The van der Waals surface area contributed by atoms with Crippen molar-refractivity contribution in [3.63, 3.8) is 0 Å². The number of imidazole rings is 1. The van der Waals surface area contributed by atoms with Crippen LogP contribution < -0.4 is 10.1 Å². The number of rotatable bonds is 7. The van der Waals surface area contributed by atoms with Gasteiger partial charge >= 0.3 is 6.55 Å². The number of fused-ring (bicyclic) bond motifs is 2. The number of halogens is 2. The predicted octanol–water partition coefficient (Wildman–Crippen LogP) is 5.42. The van der Waals surface area contributed by atoms with Gasteiger partial charge in [-0.3, -0.25) is 9.36 Å². The number of nitrogens with one attached hydrogen (secondary N) is 1. The number of hydrogen-bond donors (Lipinski definition) is 1. The van der Waals surface area contributed by atoms with Gasteiger partial charge in [0, 0.05) is 23.4 Å². The fourth-order valence-corrected chi connectivity index (χ4v) is 3.71. The molecule has 162 valence electrons. The summed E-state index contributed by atoms with van der Waals surface area (Å²) >= 11 is 0. The van der Waals surface area contributed by atoms with Crippen LogP contribution in [-0.2, 0) is 0 Å². The highest BCUT2D eigenvalue weighted by molar-refractivity contribution is 5.99. The van der Waals surface area contributed by atoms with Gasteiger partial charge in [-0.05, 0) is 44.2 Å². The molecular weight excluding hydrogens is 404 g/mol. The highest BCUT2D eigenvalue weighted by Gasteiger charge is 2.23. The highest BCUT2D eigenvalue weighted by Crippen LogP contribution is 2.30. The van der Waals surface area contributed by atoms with Gasteiger partial charge in [0.2, 0.25) is 0 Å². The minimum Gasteiger partial charge on any atom is -0.494 e. The number of ether oxygens (including phenoxy) is 1. The smallest absolute Gasteiger partial charge is 0.320 e. The van der Waals surface area contributed by atoms with Crippen LogP contribution in [0.3, 0.4) is 0 Å². The van der Waals surface area contributed by atoms with Crippen molar-refractivity contribution in [3.8, 4) is 5.75 Å². The molecule has 0 bridgehead atoms. The molecule has 1 N–H and O–H groups in total. The first-order chi connectivity index (χ1) is 14.9. The largest absolute Gasteiger partial charge is 0.494 e. The van der Waals surface area contributed by atoms with Crippen molar-refractivity contribution in [2.45, 2.75) is 33.2 Å². The molecule has 6 nitrogen and oxygen atoms in total. The first kappa shape index (κ1) is 20.8. The minimum atomic E-state index is -2.72. The summed E-state index contributed by atoms with van der Waals surface area (Å²) in [5.74, 6) is 0.278. The summed E-state index contributed by atoms with van der Waals surface area (Å²) < 4.78 is 39.5. The van der Waals surface area contributed by atoms with Crippen LogP contribution in [0, 0.1) is 6.92 Å². The topological polar surface area (TPSA) is 69.3 Å². The molecule has 4 aromatic rings. The van der Waals surface area contributed by atoms with Crippen LogP contribution >= 0.6 is 0 Å². The molecule has 1 amide bonds. The lowest BCUT2D eigenvalue weighted by Crippen LogP contribution is -2.28. The van der Waals surface area contributed by atoms with Gasteiger partial charge in [-0.25, -0.2) is 4.98 Å². The number of aryl methyl sites for hydroxylation is 1. The molecule has 2 aromatic carbocycles. The molecule has 2 heterocycles. The van der Waals surface area contributed by atoms with Crippen molar-refractivity contribution in [1.82, 2.24) is 14.9 Å². The number of hydrogen-bond acceptors (Lipinski definition) is 4. The predicted molar refractivity (Wildman–Crippen MR) is 114 cm³/mol. The van der Waals surface area contributed by atoms with Gasteiger partial charge in [-0.1, -0.05) is 19.1 Å². The van der Waals surface area contributed by atoms with Gasteiger partial charge in [0.05, 0.1) is 17.6 Å². The Hall–Kier alpha value is -3.42. The number of para-hydroxylation sites is 2. The molecule has 8 heteroatoms. The quantitative estimate of drug-likeness (QED) is 0.428. The molecular formula is C23H23F2N3O3. The Morgan fingerprint density at radius 3 is 2.77 bits per heavy atom. The average Bonchev–Trinajstić information content (AvgIpc) is 3.30. The van der Waals surface area contributed by atoms with Crippen LogP contribution in [0.15, 0.2) is 46.9 Å². The molecule has 0 spiro atoms. The summed E-state index contributed by atoms with van der Waals surface area (Å²) in [5, 5.41) is 3.58. The third kappa shape index (κ3) is 3.85. The number of carbonyl (C=O) groups is 1. The van der Waals surface area contributed by atoms with Gasteiger partial charge in [-0.2, -0.15) is 8.78 Å². The monoisotopic (exact) mass is 427 g/mol. The van der Waals surface area contributed by atoms with Gasteiger partial charge < -0.3 is 14.5 Å². The molecule has 0 saturated heterocycles. The van der Waals surface area contributed by atoms with E-state index in [2.05, 4.69) is 10.3 Å². The van der Waals surface area contributed by atoms with E-state index < -0.39 is 18.4 Å². The van der Waals surface area contributed by atoms with Crippen LogP contribution in [0.1, 0.15) is 48.3 Å². The summed E-state index contributed by atoms with van der Waals surface area (Å²) in [6, 6.07) is 12.1. The minimum absolute atomic E-state index is 0.134. The number of benzene rings is 2. The Kier molecular flexibility index (Phi) is 5.63. The summed E-state index contributed by atoms with van der Waals surface area (Å²) in [5.41, 5.74) is 2.14. The third-order valence-corrected chi connectivity index (χ3v) is 5.25. The SMILES string of the molecule is CCOc1ccc2oc(C(=O)NCC(C)c3nc4ccccc4n3C(F)F)c(C)c2c1. The summed E-state index contributed by atoms with van der Waals surface area (Å²) in [4.78, 5) is 17.1. The summed E-state index contributed by atoms with van der Waals surface area (Å²) in [6.07, 6.45) is 0. The van der Waals surface area contributed by atoms with E-state index in [1.807, 2.05) is 13.0 Å². The fourth-order valence-electron chi connectivity index (χ4n) is 3.71. The standard InChI is InChI=1S/C23H23F2N3O3/c1-4-30-15-9-10-19-16(11-15)14(3)20(31-19)22(29)26-12-13(2)21-27-17-7-5-6-8-18(17)28(21)23(24)25/h5-11,13,23H,4,12H2,1-3H3,(H,26,29). The highest BCUT2D eigenvalue weighted by atomic mass is 19.3. The summed E-state index contributed by atoms with van der Waals surface area (Å²) in [6.45, 7) is 3.40. The molecule has 1 atom stereocenters. The maximum absolute atomic E-state index is 13.7. The second kappa shape index (κ2) is 8.37. The lowest BCUT2D eigenvalue weighted by Gasteiger charge is -2.14. The maximum Gasteiger partial charge on any atom is 0.320 e. The van der Waals surface area contributed by atoms with Crippen molar-refractivity contribution >= 4 is 27.9 Å². The molecule has 0 saturated carbocycles. The van der Waals surface area contributed by atoms with Crippen LogP contribution in [-0.4, -0.2) is 28.6 Å². The van der Waals surface area contributed by atoms with Gasteiger partial charge in [0.1, 0.15) is 17.2 Å². The molecule has 0 radical (unpaired) electrons. The Morgan fingerprint density at radius 2 is 2.03 bits per heavy atom. The van der Waals surface area contributed by atoms with E-state index in [9.17, 15) is 13.6 Å². The van der Waals surface area contributed by atoms with Crippen LogP contribution in [0.5, 0.6) is 5.75 Å². The first-order valence-electron chi connectivity index (χ1n) is 10.1. The van der Waals surface area contributed by atoms with E-state index in [0.717, 1.165) is 9.95 Å². The number of aromatic nitrogens is 2. The first-order valence-corrected chi connectivity index (χ1v) is 10.1. The zero-order valence-electron chi connectivity index (χ0n) is 17.5. The average molecular weight is 427 g/mol. The number of alkyl halides is 2. The van der Waals surface area contributed by atoms with Crippen molar-refractivity contribution in [1.29, 1.82) is 0 Å². The Morgan fingerprint density at radius 1 is 1.26 bits per heavy atom. The van der Waals surface area contributed by atoms with Gasteiger partial charge in [0.25, 0.3) is 5.91 Å². The van der Waals surface area contributed by atoms with Crippen LogP contribution in [0.4, 0.5) is 8.78 Å². The molecule has 0 aliphatic heterocycles. The van der Waals surface area contributed by atoms with E-state index in [0.29, 0.717) is 34.5 Å². The van der Waals surface area contributed by atoms with Crippen LogP contribution in [0.25, 0.3) is 22.0 Å². The Bertz CT molecular complexity index is 1250. The Balaban J connectivity index is 1.54. The number of nitrogens with zero attached hydrogens (tertiary/aromatic N) is 2. The normalized spacial score (nSPS) is 12.6. The van der Waals surface area contributed by atoms with E-state index in [-0.39, 0.29) is 18.1 Å². The number of amides is 1. The maximum atomic E-state index is 13.7. The van der Waals surface area contributed by atoms with E-state index in [4.69, 9.17) is 9.15 Å². The van der Waals surface area contributed by atoms with Gasteiger partial charge in [0.15, 0.2) is 5.76 Å². The second-order valence-electron chi connectivity index (χ2n) is 7.36. The van der Waals surface area contributed by atoms with Gasteiger partial charge in [-0.15, -0.1) is 0 Å². The molecule has 0 aliphatic rings. The number of carbonyl (C=O) groups excluding carboxylic acids is 1. The molecule has 31 heavy (non-hydrogen) atoms. The van der Waals surface area contributed by atoms with E-state index in [1.54, 1.807) is 50.2 Å². The van der Waals surface area contributed by atoms with Crippen LogP contribution in [0.2, 0.25) is 0 Å². The lowest BCUT2D eigenvalue weighted by atomic mass is 10.1. The summed E-state index contributed by atoms with van der Waals surface area (Å²) in [7, 11) is 0. The molecule has 2 aromatic heterocycles. The molecule has 1 unspecified atom stereocenters. The van der Waals surface area contributed by atoms with E-state index >= 15 is 0 Å². The van der Waals surface area contributed by atoms with Crippen molar-refractivity contribution < 1.29 is 22.7 Å². The Labute approximate surface area is 177 Å². The van der Waals surface area contributed by atoms with Crippen molar-refractivity contribution in [3.05, 3.63) is 59.6 Å². The zero-order valence-corrected chi connectivity index (χ0v) is 17.5. The molecule has 0 fully saturated rings. The lowest BCUT2D eigenvalue weighted by molar-refractivity contribution is 0.0703.